The number of hydrogen-bond acceptors (Lipinski definition) is 6. The summed E-state index contributed by atoms with van der Waals surface area (Å²) in [6.07, 6.45) is 3.29. The van der Waals surface area contributed by atoms with Crippen LogP contribution < -0.4 is 9.47 Å². The molecule has 7 nitrogen and oxygen atoms in total. The summed E-state index contributed by atoms with van der Waals surface area (Å²) in [6.45, 7) is 5.48. The number of hydrogen-bond donors (Lipinski definition) is 0. The molecule has 3 rings (SSSR count). The van der Waals surface area contributed by atoms with E-state index < -0.39 is 11.0 Å². The molecule has 1 atom stereocenters. The second-order valence-corrected chi connectivity index (χ2v) is 7.05. The Kier molecular flexibility index (Phi) is 6.08. The molecule has 2 aromatic heterocycles. The first-order valence-electron chi connectivity index (χ1n) is 8.63. The van der Waals surface area contributed by atoms with Gasteiger partial charge in [0, 0.05) is 30.7 Å². The molecule has 0 saturated carbocycles. The molecule has 0 saturated heterocycles. The molecule has 1 unspecified atom stereocenters. The fraction of sp³-hybridized carbons (Fsp3) is 0.368. The third-order valence-corrected chi connectivity index (χ3v) is 5.02. The molecule has 8 heteroatoms. The van der Waals surface area contributed by atoms with Gasteiger partial charge in [-0.3, -0.25) is 4.98 Å². The SMILES string of the molecule is CCOCCOc1ccnc(-c2nc3cc(OC)ccc3n2S(C)=O)c1C. The zero-order valence-electron chi connectivity index (χ0n) is 15.9. The van der Waals surface area contributed by atoms with Gasteiger partial charge in [-0.05, 0) is 32.0 Å². The highest BCUT2D eigenvalue weighted by molar-refractivity contribution is 7.83. The topological polar surface area (TPSA) is 75.5 Å². The molecule has 0 N–H and O–H groups in total. The van der Waals surface area contributed by atoms with Crippen molar-refractivity contribution in [3.05, 3.63) is 36.0 Å². The molecular weight excluding hydrogens is 366 g/mol. The highest BCUT2D eigenvalue weighted by Crippen LogP contribution is 2.31. The van der Waals surface area contributed by atoms with Gasteiger partial charge in [0.25, 0.3) is 0 Å². The van der Waals surface area contributed by atoms with Gasteiger partial charge in [-0.1, -0.05) is 0 Å². The summed E-state index contributed by atoms with van der Waals surface area (Å²) in [6, 6.07) is 7.30. The lowest BCUT2D eigenvalue weighted by Gasteiger charge is -2.12. The molecule has 0 bridgehead atoms. The number of imidazole rings is 1. The number of pyridine rings is 1. The molecule has 0 fully saturated rings. The van der Waals surface area contributed by atoms with Crippen LogP contribution in [0.3, 0.4) is 0 Å². The molecule has 1 aromatic carbocycles. The van der Waals surface area contributed by atoms with Crippen LogP contribution in [-0.4, -0.2) is 51.3 Å². The van der Waals surface area contributed by atoms with E-state index in [1.165, 1.54) is 0 Å². The van der Waals surface area contributed by atoms with Crippen LogP contribution in [0.4, 0.5) is 0 Å². The summed E-state index contributed by atoms with van der Waals surface area (Å²) < 4.78 is 30.5. The second-order valence-electron chi connectivity index (χ2n) is 5.84. The lowest BCUT2D eigenvalue weighted by atomic mass is 10.2. The maximum Gasteiger partial charge on any atom is 0.172 e. The Bertz CT molecular complexity index is 971. The van der Waals surface area contributed by atoms with E-state index in [0.29, 0.717) is 48.4 Å². The van der Waals surface area contributed by atoms with Crippen LogP contribution in [0.15, 0.2) is 30.5 Å². The van der Waals surface area contributed by atoms with E-state index in [-0.39, 0.29) is 0 Å². The van der Waals surface area contributed by atoms with Crippen LogP contribution >= 0.6 is 0 Å². The lowest BCUT2D eigenvalue weighted by molar-refractivity contribution is 0.110. The average molecular weight is 389 g/mol. The first-order chi connectivity index (χ1) is 13.1. The lowest BCUT2D eigenvalue weighted by Crippen LogP contribution is -2.09. The summed E-state index contributed by atoms with van der Waals surface area (Å²) in [5, 5.41) is 0. The van der Waals surface area contributed by atoms with Crippen LogP contribution in [0.2, 0.25) is 0 Å². The molecule has 2 heterocycles. The summed E-state index contributed by atoms with van der Waals surface area (Å²) in [5.41, 5.74) is 2.93. The normalized spacial score (nSPS) is 12.3. The molecule has 27 heavy (non-hydrogen) atoms. The first-order valence-corrected chi connectivity index (χ1v) is 10.1. The summed E-state index contributed by atoms with van der Waals surface area (Å²) >= 11 is 0. The van der Waals surface area contributed by atoms with Crippen LogP contribution in [0, 0.1) is 6.92 Å². The minimum absolute atomic E-state index is 0.450. The summed E-state index contributed by atoms with van der Waals surface area (Å²) in [5.74, 6) is 1.93. The molecular formula is C19H23N3O4S. The number of rotatable bonds is 8. The second kappa shape index (κ2) is 8.49. The van der Waals surface area contributed by atoms with Crippen molar-refractivity contribution in [2.45, 2.75) is 13.8 Å². The van der Waals surface area contributed by atoms with Crippen molar-refractivity contribution in [1.82, 2.24) is 13.9 Å². The number of fused-ring (bicyclic) bond motifs is 1. The molecule has 3 aromatic rings. The van der Waals surface area contributed by atoms with Gasteiger partial charge in [0.1, 0.15) is 34.8 Å². The van der Waals surface area contributed by atoms with E-state index >= 15 is 0 Å². The highest BCUT2D eigenvalue weighted by atomic mass is 32.2. The zero-order chi connectivity index (χ0) is 19.4. The Balaban J connectivity index is 2.06. The minimum atomic E-state index is -1.30. The molecule has 0 radical (unpaired) electrons. The monoisotopic (exact) mass is 389 g/mol. The number of nitrogens with zero attached hydrogens (tertiary/aromatic N) is 3. The van der Waals surface area contributed by atoms with Gasteiger partial charge in [0.05, 0.1) is 24.8 Å². The molecule has 144 valence electrons. The van der Waals surface area contributed by atoms with E-state index in [2.05, 4.69) is 9.97 Å². The Hall–Kier alpha value is -2.45. The number of benzene rings is 1. The van der Waals surface area contributed by atoms with E-state index in [9.17, 15) is 4.21 Å². The standard InChI is InChI=1S/C19H23N3O4S/c1-5-25-10-11-26-17-8-9-20-18(13(17)2)19-21-15-12-14(24-3)6-7-16(15)22(19)27(4)23/h6-9,12H,5,10-11H2,1-4H3. The highest BCUT2D eigenvalue weighted by Gasteiger charge is 2.20. The predicted octanol–water partition coefficient (Wildman–Crippen LogP) is 2.97. The van der Waals surface area contributed by atoms with Crippen molar-refractivity contribution < 1.29 is 18.4 Å². The summed E-state index contributed by atoms with van der Waals surface area (Å²) in [4.78, 5) is 9.15. The van der Waals surface area contributed by atoms with E-state index in [1.54, 1.807) is 23.5 Å². The van der Waals surface area contributed by atoms with Crippen molar-refractivity contribution in [2.24, 2.45) is 0 Å². The van der Waals surface area contributed by atoms with E-state index in [4.69, 9.17) is 14.2 Å². The van der Waals surface area contributed by atoms with Gasteiger partial charge in [-0.25, -0.2) is 13.2 Å². The smallest absolute Gasteiger partial charge is 0.172 e. The van der Waals surface area contributed by atoms with Gasteiger partial charge < -0.3 is 14.2 Å². The zero-order valence-corrected chi connectivity index (χ0v) is 16.7. The molecule has 0 amide bonds. The van der Waals surface area contributed by atoms with E-state index in [0.717, 1.165) is 11.1 Å². The van der Waals surface area contributed by atoms with Crippen LogP contribution in [0.1, 0.15) is 12.5 Å². The van der Waals surface area contributed by atoms with Gasteiger partial charge in [-0.2, -0.15) is 0 Å². The van der Waals surface area contributed by atoms with Crippen molar-refractivity contribution in [1.29, 1.82) is 0 Å². The molecule has 0 spiro atoms. The Labute approximate surface area is 160 Å². The Morgan fingerprint density at radius 1 is 1.22 bits per heavy atom. The van der Waals surface area contributed by atoms with Gasteiger partial charge in [0.15, 0.2) is 5.82 Å². The first kappa shape index (κ1) is 19.3. The number of ether oxygens (including phenoxy) is 3. The minimum Gasteiger partial charge on any atom is -0.497 e. The van der Waals surface area contributed by atoms with E-state index in [1.807, 2.05) is 38.1 Å². The third-order valence-electron chi connectivity index (χ3n) is 4.13. The molecule has 0 aliphatic carbocycles. The van der Waals surface area contributed by atoms with Crippen molar-refractivity contribution in [3.8, 4) is 23.0 Å². The molecule has 0 aliphatic heterocycles. The van der Waals surface area contributed by atoms with Crippen LogP contribution in [-0.2, 0) is 15.7 Å². The van der Waals surface area contributed by atoms with Crippen molar-refractivity contribution in [3.63, 3.8) is 0 Å². The van der Waals surface area contributed by atoms with Gasteiger partial charge >= 0.3 is 0 Å². The van der Waals surface area contributed by atoms with Crippen LogP contribution in [0.5, 0.6) is 11.5 Å². The Morgan fingerprint density at radius 2 is 2.04 bits per heavy atom. The van der Waals surface area contributed by atoms with Crippen molar-refractivity contribution in [2.75, 3.05) is 33.2 Å². The Morgan fingerprint density at radius 3 is 2.74 bits per heavy atom. The van der Waals surface area contributed by atoms with Crippen molar-refractivity contribution >= 4 is 22.0 Å². The van der Waals surface area contributed by atoms with Crippen LogP contribution in [0.25, 0.3) is 22.6 Å². The average Bonchev–Trinajstić information content (AvgIpc) is 3.04. The third kappa shape index (κ3) is 3.96. The quantitative estimate of drug-likeness (QED) is 0.552. The predicted molar refractivity (Wildman–Crippen MR) is 106 cm³/mol. The molecule has 0 aliphatic rings. The fourth-order valence-corrected chi connectivity index (χ4v) is 3.63. The largest absolute Gasteiger partial charge is 0.497 e. The van der Waals surface area contributed by atoms with Gasteiger partial charge in [-0.15, -0.1) is 0 Å². The van der Waals surface area contributed by atoms with Gasteiger partial charge in [0.2, 0.25) is 0 Å². The number of aromatic nitrogens is 3. The number of methoxy groups -OCH3 is 1. The maximum atomic E-state index is 12.4. The maximum absolute atomic E-state index is 12.4. The summed E-state index contributed by atoms with van der Waals surface area (Å²) in [7, 11) is 0.300. The fourth-order valence-electron chi connectivity index (χ4n) is 2.83.